The average Bonchev–Trinajstić information content (AvgIpc) is 2.57. The molecule has 4 N–H and O–H groups in total. The molecule has 3 aromatic carbocycles. The number of nitrogen functional groups attached to an aromatic ring is 2. The molecule has 2 bridgehead atoms. The van der Waals surface area contributed by atoms with Crippen molar-refractivity contribution < 1.29 is 0 Å². The van der Waals surface area contributed by atoms with Gasteiger partial charge in [0, 0.05) is 32.2 Å². The molecule has 0 spiro atoms. The minimum Gasteiger partial charge on any atom is -0.398 e. The average molecular weight is 442 g/mol. The third-order valence-electron chi connectivity index (χ3n) is 5.27. The SMILES string of the molecule is Nc1cc2c(cc1Br)[C@@H]1c3ccccc3[C@H]2c2cc(Br)c(N)cc21. The van der Waals surface area contributed by atoms with Gasteiger partial charge in [-0.3, -0.25) is 0 Å². The largest absolute Gasteiger partial charge is 0.398 e. The van der Waals surface area contributed by atoms with Crippen molar-refractivity contribution in [1.29, 1.82) is 0 Å². The highest BCUT2D eigenvalue weighted by Crippen LogP contribution is 2.57. The van der Waals surface area contributed by atoms with Crippen LogP contribution < -0.4 is 11.5 Å². The summed E-state index contributed by atoms with van der Waals surface area (Å²) < 4.78 is 1.91. The molecule has 0 saturated heterocycles. The Bertz CT molecular complexity index is 886. The topological polar surface area (TPSA) is 52.0 Å². The lowest BCUT2D eigenvalue weighted by Gasteiger charge is -2.42. The first kappa shape index (κ1) is 14.6. The van der Waals surface area contributed by atoms with Crippen molar-refractivity contribution in [3.8, 4) is 0 Å². The fourth-order valence-corrected chi connectivity index (χ4v) is 5.01. The highest BCUT2D eigenvalue weighted by Gasteiger charge is 2.41. The Morgan fingerprint density at radius 2 is 0.958 bits per heavy atom. The van der Waals surface area contributed by atoms with Gasteiger partial charge in [-0.15, -0.1) is 0 Å². The van der Waals surface area contributed by atoms with Crippen LogP contribution in [-0.4, -0.2) is 0 Å². The summed E-state index contributed by atoms with van der Waals surface area (Å²) in [6, 6.07) is 17.3. The summed E-state index contributed by atoms with van der Waals surface area (Å²) in [5.41, 5.74) is 22.0. The Morgan fingerprint density at radius 1 is 0.583 bits per heavy atom. The van der Waals surface area contributed by atoms with Crippen LogP contribution in [0.5, 0.6) is 0 Å². The van der Waals surface area contributed by atoms with E-state index in [9.17, 15) is 0 Å². The molecule has 3 aromatic rings. The minimum atomic E-state index is 0.212. The van der Waals surface area contributed by atoms with Crippen LogP contribution in [0.4, 0.5) is 11.4 Å². The summed E-state index contributed by atoms with van der Waals surface area (Å²) >= 11 is 7.19. The maximum atomic E-state index is 6.19. The van der Waals surface area contributed by atoms with Crippen LogP contribution in [0.15, 0.2) is 57.5 Å². The zero-order valence-corrected chi connectivity index (χ0v) is 15.9. The monoisotopic (exact) mass is 440 g/mol. The van der Waals surface area contributed by atoms with E-state index in [0.29, 0.717) is 0 Å². The molecule has 0 aliphatic heterocycles. The second-order valence-corrected chi connectivity index (χ2v) is 8.21. The van der Waals surface area contributed by atoms with Crippen molar-refractivity contribution in [1.82, 2.24) is 0 Å². The number of rotatable bonds is 0. The van der Waals surface area contributed by atoms with E-state index < -0.39 is 0 Å². The molecule has 0 aromatic heterocycles. The van der Waals surface area contributed by atoms with Crippen molar-refractivity contribution in [2.24, 2.45) is 0 Å². The molecule has 0 radical (unpaired) electrons. The van der Waals surface area contributed by atoms with Gasteiger partial charge in [0.1, 0.15) is 0 Å². The third kappa shape index (κ3) is 1.76. The molecule has 3 aliphatic carbocycles. The first-order chi connectivity index (χ1) is 11.6. The van der Waals surface area contributed by atoms with E-state index in [1.54, 1.807) is 0 Å². The van der Waals surface area contributed by atoms with Crippen LogP contribution in [0.2, 0.25) is 0 Å². The summed E-state index contributed by atoms with van der Waals surface area (Å²) in [6.45, 7) is 0. The summed E-state index contributed by atoms with van der Waals surface area (Å²) in [7, 11) is 0. The summed E-state index contributed by atoms with van der Waals surface area (Å²) in [4.78, 5) is 0. The Labute approximate surface area is 157 Å². The number of anilines is 2. The molecule has 0 unspecified atom stereocenters. The van der Waals surface area contributed by atoms with E-state index in [4.69, 9.17) is 11.5 Å². The van der Waals surface area contributed by atoms with Gasteiger partial charge in [0.15, 0.2) is 0 Å². The molecule has 0 heterocycles. The van der Waals surface area contributed by atoms with Gasteiger partial charge in [-0.2, -0.15) is 0 Å². The smallest absolute Gasteiger partial charge is 0.0461 e. The summed E-state index contributed by atoms with van der Waals surface area (Å²) in [6.07, 6.45) is 0. The number of hydrogen-bond acceptors (Lipinski definition) is 2. The van der Waals surface area contributed by atoms with E-state index in [-0.39, 0.29) is 11.8 Å². The van der Waals surface area contributed by atoms with Crippen LogP contribution in [0.3, 0.4) is 0 Å². The Hall–Kier alpha value is -1.78. The van der Waals surface area contributed by atoms with Gasteiger partial charge in [-0.1, -0.05) is 24.3 Å². The fraction of sp³-hybridized carbons (Fsp3) is 0.100. The lowest BCUT2D eigenvalue weighted by atomic mass is 9.61. The molecular weight excluding hydrogens is 428 g/mol. The van der Waals surface area contributed by atoms with Gasteiger partial charge in [0.25, 0.3) is 0 Å². The first-order valence-corrected chi connectivity index (χ1v) is 9.41. The second kappa shape index (κ2) is 4.87. The molecule has 2 atom stereocenters. The van der Waals surface area contributed by atoms with E-state index >= 15 is 0 Å². The van der Waals surface area contributed by atoms with Gasteiger partial charge in [-0.25, -0.2) is 0 Å². The van der Waals surface area contributed by atoms with Gasteiger partial charge >= 0.3 is 0 Å². The van der Waals surface area contributed by atoms with Crippen LogP contribution in [0.1, 0.15) is 45.2 Å². The molecular formula is C20H14Br2N2. The highest BCUT2D eigenvalue weighted by molar-refractivity contribution is 9.11. The van der Waals surface area contributed by atoms with E-state index in [0.717, 1.165) is 20.3 Å². The predicted octanol–water partition coefficient (Wildman–Crippen LogP) is 5.36. The lowest BCUT2D eigenvalue weighted by molar-refractivity contribution is 0.754. The van der Waals surface area contributed by atoms with Crippen molar-refractivity contribution in [3.05, 3.63) is 90.9 Å². The van der Waals surface area contributed by atoms with E-state index in [1.807, 2.05) is 0 Å². The number of halogens is 2. The Morgan fingerprint density at radius 3 is 1.38 bits per heavy atom. The van der Waals surface area contributed by atoms with E-state index in [2.05, 4.69) is 80.4 Å². The Balaban J connectivity index is 1.91. The van der Waals surface area contributed by atoms with Gasteiger partial charge < -0.3 is 11.5 Å². The van der Waals surface area contributed by atoms with Gasteiger partial charge in [0.2, 0.25) is 0 Å². The van der Waals surface area contributed by atoms with Crippen molar-refractivity contribution in [2.45, 2.75) is 11.8 Å². The fourth-order valence-electron chi connectivity index (χ4n) is 4.29. The molecule has 24 heavy (non-hydrogen) atoms. The normalized spacial score (nSPS) is 19.6. The molecule has 6 rings (SSSR count). The van der Waals surface area contributed by atoms with Crippen molar-refractivity contribution >= 4 is 43.2 Å². The molecule has 118 valence electrons. The van der Waals surface area contributed by atoms with Crippen molar-refractivity contribution in [2.75, 3.05) is 11.5 Å². The highest BCUT2D eigenvalue weighted by atomic mass is 79.9. The van der Waals surface area contributed by atoms with Crippen LogP contribution in [-0.2, 0) is 0 Å². The van der Waals surface area contributed by atoms with Crippen LogP contribution in [0.25, 0.3) is 0 Å². The third-order valence-corrected chi connectivity index (χ3v) is 6.64. The summed E-state index contributed by atoms with van der Waals surface area (Å²) in [5, 5.41) is 0. The zero-order valence-electron chi connectivity index (χ0n) is 12.7. The quantitative estimate of drug-likeness (QED) is 0.317. The number of hydrogen-bond donors (Lipinski definition) is 2. The molecule has 0 amide bonds. The zero-order chi connectivity index (χ0) is 16.6. The summed E-state index contributed by atoms with van der Waals surface area (Å²) in [5.74, 6) is 0.423. The van der Waals surface area contributed by atoms with E-state index in [1.165, 1.54) is 33.4 Å². The Kier molecular flexibility index (Phi) is 2.95. The standard InChI is InChI=1S/C20H14Br2N2/c21-15-5-11-14(8-18(15)24)20-10-4-2-1-3-9(10)19(11)13-7-17(23)16(22)6-12(13)20/h1-8,19-20H,23-24H2/t19-,20-/m0/s1. The minimum absolute atomic E-state index is 0.212. The molecule has 0 fully saturated rings. The lowest BCUT2D eigenvalue weighted by Crippen LogP contribution is -2.28. The van der Waals surface area contributed by atoms with Gasteiger partial charge in [0.05, 0.1) is 0 Å². The predicted molar refractivity (Wildman–Crippen MR) is 105 cm³/mol. The molecule has 0 saturated carbocycles. The maximum absolute atomic E-state index is 6.19. The van der Waals surface area contributed by atoms with Crippen molar-refractivity contribution in [3.63, 3.8) is 0 Å². The molecule has 3 aliphatic rings. The maximum Gasteiger partial charge on any atom is 0.0461 e. The molecule has 4 heteroatoms. The number of benzene rings is 3. The number of nitrogens with two attached hydrogens (primary N) is 2. The van der Waals surface area contributed by atoms with Crippen LogP contribution >= 0.6 is 31.9 Å². The molecule has 2 nitrogen and oxygen atoms in total. The second-order valence-electron chi connectivity index (χ2n) is 6.50. The first-order valence-electron chi connectivity index (χ1n) is 7.82. The van der Waals surface area contributed by atoms with Gasteiger partial charge in [-0.05, 0) is 89.5 Å². The van der Waals surface area contributed by atoms with Crippen LogP contribution in [0, 0.1) is 0 Å².